The van der Waals surface area contributed by atoms with Gasteiger partial charge in [0.2, 0.25) is 0 Å². The first kappa shape index (κ1) is 15.9. The van der Waals surface area contributed by atoms with Crippen LogP contribution in [0.5, 0.6) is 5.75 Å². The Hall–Kier alpha value is -1.53. The highest BCUT2D eigenvalue weighted by Crippen LogP contribution is 2.33. The van der Waals surface area contributed by atoms with Crippen LogP contribution in [0.1, 0.15) is 22.4 Å². The average Bonchev–Trinajstić information content (AvgIpc) is 2.78. The molecule has 0 atom stereocenters. The van der Waals surface area contributed by atoms with E-state index in [1.807, 2.05) is 26.2 Å². The lowest BCUT2D eigenvalue weighted by atomic mass is 10.1. The Morgan fingerprint density at radius 2 is 1.95 bits per heavy atom. The molecule has 5 nitrogen and oxygen atoms in total. The zero-order chi connectivity index (χ0) is 15.8. The van der Waals surface area contributed by atoms with Gasteiger partial charge < -0.3 is 4.74 Å². The van der Waals surface area contributed by atoms with Gasteiger partial charge in [0.05, 0.1) is 10.6 Å². The zero-order valence-electron chi connectivity index (χ0n) is 12.3. The van der Waals surface area contributed by atoms with E-state index in [1.165, 1.54) is 0 Å². The number of aromatic nitrogens is 2. The number of hydrogen-bond donors (Lipinski definition) is 0. The van der Waals surface area contributed by atoms with Gasteiger partial charge in [-0.2, -0.15) is 5.10 Å². The predicted molar refractivity (Wildman–Crippen MR) is 81.2 cm³/mol. The van der Waals surface area contributed by atoms with E-state index in [9.17, 15) is 8.42 Å². The van der Waals surface area contributed by atoms with E-state index in [4.69, 9.17) is 15.4 Å². The molecular formula is C14H17ClN2O3S. The van der Waals surface area contributed by atoms with Gasteiger partial charge in [0.25, 0.3) is 9.05 Å². The summed E-state index contributed by atoms with van der Waals surface area (Å²) in [6.45, 7) is 5.67. The van der Waals surface area contributed by atoms with Gasteiger partial charge in [0.1, 0.15) is 12.4 Å². The maximum atomic E-state index is 11.6. The van der Waals surface area contributed by atoms with Gasteiger partial charge in [0, 0.05) is 23.9 Å². The highest BCUT2D eigenvalue weighted by atomic mass is 35.7. The first-order valence-corrected chi connectivity index (χ1v) is 8.68. The van der Waals surface area contributed by atoms with Crippen molar-refractivity contribution in [2.45, 2.75) is 32.3 Å². The normalized spacial score (nSPS) is 11.7. The second kappa shape index (κ2) is 5.69. The lowest BCUT2D eigenvalue weighted by molar-refractivity contribution is 0.295. The second-order valence-corrected chi connectivity index (χ2v) is 7.51. The summed E-state index contributed by atoms with van der Waals surface area (Å²) in [5, 5.41) is 4.24. The first-order valence-electron chi connectivity index (χ1n) is 6.37. The van der Waals surface area contributed by atoms with Crippen LogP contribution in [0.25, 0.3) is 0 Å². The van der Waals surface area contributed by atoms with Gasteiger partial charge in [-0.1, -0.05) is 0 Å². The summed E-state index contributed by atoms with van der Waals surface area (Å²) in [5.74, 6) is 0.669. The van der Waals surface area contributed by atoms with Crippen LogP contribution in [0.4, 0.5) is 0 Å². The molecule has 21 heavy (non-hydrogen) atoms. The van der Waals surface area contributed by atoms with Crippen LogP contribution in [0.3, 0.4) is 0 Å². The molecule has 1 aromatic heterocycles. The Labute approximate surface area is 128 Å². The van der Waals surface area contributed by atoms with Crippen LogP contribution in [-0.4, -0.2) is 18.2 Å². The number of hydrogen-bond acceptors (Lipinski definition) is 4. The highest BCUT2D eigenvalue weighted by Gasteiger charge is 2.19. The fraction of sp³-hybridized carbons (Fsp3) is 0.357. The van der Waals surface area contributed by atoms with Gasteiger partial charge in [-0.05, 0) is 49.6 Å². The topological polar surface area (TPSA) is 61.2 Å². The van der Waals surface area contributed by atoms with Gasteiger partial charge in [-0.25, -0.2) is 8.42 Å². The molecule has 114 valence electrons. The predicted octanol–water partition coefficient (Wildman–Crippen LogP) is 2.85. The summed E-state index contributed by atoms with van der Waals surface area (Å²) in [6.07, 6.45) is 1.84. The quantitative estimate of drug-likeness (QED) is 0.810. The molecule has 0 fully saturated rings. The maximum absolute atomic E-state index is 11.6. The Morgan fingerprint density at radius 1 is 1.29 bits per heavy atom. The Bertz CT molecular complexity index is 782. The number of nitrogens with zero attached hydrogens (tertiary/aromatic N) is 2. The number of halogens is 1. The smallest absolute Gasteiger partial charge is 0.261 e. The highest BCUT2D eigenvalue weighted by molar-refractivity contribution is 8.13. The monoisotopic (exact) mass is 328 g/mol. The molecule has 0 amide bonds. The summed E-state index contributed by atoms with van der Waals surface area (Å²) in [5.41, 5.74) is 2.91. The van der Waals surface area contributed by atoms with Crippen molar-refractivity contribution in [1.29, 1.82) is 0 Å². The largest absolute Gasteiger partial charge is 0.487 e. The standard InChI is InChI=1S/C14H17ClN2O3S/c1-9-7-13(21(15,18)19)10(2)11(3)14(9)20-8-12-5-6-17(4)16-12/h5-7H,8H2,1-4H3. The van der Waals surface area contributed by atoms with E-state index in [2.05, 4.69) is 5.10 Å². The minimum Gasteiger partial charge on any atom is -0.487 e. The molecule has 0 bridgehead atoms. The Kier molecular flexibility index (Phi) is 4.30. The van der Waals surface area contributed by atoms with Crippen LogP contribution in [0.2, 0.25) is 0 Å². The van der Waals surface area contributed by atoms with Crippen molar-refractivity contribution in [1.82, 2.24) is 9.78 Å². The molecule has 0 radical (unpaired) electrons. The summed E-state index contributed by atoms with van der Waals surface area (Å²) < 4.78 is 30.6. The van der Waals surface area contributed by atoms with Gasteiger partial charge in [-0.3, -0.25) is 4.68 Å². The van der Waals surface area contributed by atoms with E-state index in [-0.39, 0.29) is 4.90 Å². The van der Waals surface area contributed by atoms with Crippen LogP contribution >= 0.6 is 10.7 Å². The van der Waals surface area contributed by atoms with Gasteiger partial charge in [0.15, 0.2) is 0 Å². The molecular weight excluding hydrogens is 312 g/mol. The fourth-order valence-corrected chi connectivity index (χ4v) is 3.50. The lowest BCUT2D eigenvalue weighted by Crippen LogP contribution is -2.05. The van der Waals surface area contributed by atoms with Crippen LogP contribution in [0, 0.1) is 20.8 Å². The minimum atomic E-state index is -3.76. The van der Waals surface area contributed by atoms with Crippen molar-refractivity contribution in [2.75, 3.05) is 0 Å². The van der Waals surface area contributed by atoms with E-state index in [0.29, 0.717) is 17.9 Å². The third-order valence-corrected chi connectivity index (χ3v) is 4.82. The van der Waals surface area contributed by atoms with Gasteiger partial charge >= 0.3 is 0 Å². The van der Waals surface area contributed by atoms with Crippen molar-refractivity contribution in [3.63, 3.8) is 0 Å². The number of benzene rings is 1. The molecule has 0 N–H and O–H groups in total. The maximum Gasteiger partial charge on any atom is 0.261 e. The molecule has 2 rings (SSSR count). The molecule has 0 unspecified atom stereocenters. The van der Waals surface area contributed by atoms with Crippen molar-refractivity contribution in [3.8, 4) is 5.75 Å². The average molecular weight is 329 g/mol. The van der Waals surface area contributed by atoms with Gasteiger partial charge in [-0.15, -0.1) is 0 Å². The molecule has 0 saturated carbocycles. The SMILES string of the molecule is Cc1cc(S(=O)(=O)Cl)c(C)c(C)c1OCc1ccn(C)n1. The minimum absolute atomic E-state index is 0.129. The van der Waals surface area contributed by atoms with E-state index >= 15 is 0 Å². The lowest BCUT2D eigenvalue weighted by Gasteiger charge is -2.15. The summed E-state index contributed by atoms with van der Waals surface area (Å²) in [7, 11) is 3.53. The third-order valence-electron chi connectivity index (χ3n) is 3.37. The molecule has 7 heteroatoms. The number of rotatable bonds is 4. The molecule has 1 heterocycles. The molecule has 0 aliphatic carbocycles. The van der Waals surface area contributed by atoms with Crippen LogP contribution in [-0.2, 0) is 22.7 Å². The Balaban J connectivity index is 2.35. The molecule has 0 spiro atoms. The first-order chi connectivity index (χ1) is 9.70. The summed E-state index contributed by atoms with van der Waals surface area (Å²) in [4.78, 5) is 0.129. The van der Waals surface area contributed by atoms with Crippen LogP contribution < -0.4 is 4.74 Å². The molecule has 0 aliphatic rings. The van der Waals surface area contributed by atoms with Crippen molar-refractivity contribution in [3.05, 3.63) is 40.7 Å². The third kappa shape index (κ3) is 3.39. The Morgan fingerprint density at radius 3 is 2.48 bits per heavy atom. The molecule has 2 aromatic rings. The summed E-state index contributed by atoms with van der Waals surface area (Å²) >= 11 is 0. The van der Waals surface area contributed by atoms with Crippen molar-refractivity contribution < 1.29 is 13.2 Å². The van der Waals surface area contributed by atoms with E-state index in [0.717, 1.165) is 16.8 Å². The fourth-order valence-electron chi connectivity index (χ4n) is 2.18. The number of ether oxygens (including phenoxy) is 1. The van der Waals surface area contributed by atoms with Crippen LogP contribution in [0.15, 0.2) is 23.2 Å². The molecule has 1 aromatic carbocycles. The van der Waals surface area contributed by atoms with Crippen molar-refractivity contribution in [2.24, 2.45) is 7.05 Å². The number of aryl methyl sites for hydroxylation is 2. The molecule has 0 aliphatic heterocycles. The second-order valence-electron chi connectivity index (χ2n) is 4.98. The van der Waals surface area contributed by atoms with E-state index in [1.54, 1.807) is 24.6 Å². The summed E-state index contributed by atoms with van der Waals surface area (Å²) in [6, 6.07) is 3.41. The van der Waals surface area contributed by atoms with E-state index < -0.39 is 9.05 Å². The zero-order valence-corrected chi connectivity index (χ0v) is 13.9. The van der Waals surface area contributed by atoms with Crippen molar-refractivity contribution >= 4 is 19.7 Å². The molecule has 0 saturated heterocycles.